The first-order chi connectivity index (χ1) is 11.5. The summed E-state index contributed by atoms with van der Waals surface area (Å²) >= 11 is 3.38. The van der Waals surface area contributed by atoms with Crippen LogP contribution in [0.4, 0.5) is 11.4 Å². The molecule has 3 rings (SSSR count). The summed E-state index contributed by atoms with van der Waals surface area (Å²) in [6.45, 7) is 7.39. The molecule has 1 aliphatic heterocycles. The molecule has 0 bridgehead atoms. The number of hydrogen-bond acceptors (Lipinski definition) is 3. The Bertz CT molecular complexity index is 777. The minimum absolute atomic E-state index is 0. The van der Waals surface area contributed by atoms with E-state index >= 15 is 0 Å². The second-order valence-electron chi connectivity index (χ2n) is 6.23. The Morgan fingerprint density at radius 1 is 1.04 bits per heavy atom. The molecule has 0 atom stereocenters. The molecule has 1 amide bonds. The van der Waals surface area contributed by atoms with Gasteiger partial charge in [-0.2, -0.15) is 0 Å². The molecule has 1 aliphatic rings. The van der Waals surface area contributed by atoms with Crippen LogP contribution in [0.5, 0.6) is 0 Å². The third kappa shape index (κ3) is 4.64. The van der Waals surface area contributed by atoms with Crippen molar-refractivity contribution in [1.82, 2.24) is 4.90 Å². The van der Waals surface area contributed by atoms with E-state index < -0.39 is 0 Å². The zero-order valence-electron chi connectivity index (χ0n) is 14.9. The van der Waals surface area contributed by atoms with E-state index in [9.17, 15) is 4.79 Å². The number of hydrogen-bond donors (Lipinski definition) is 1. The molecule has 0 unspecified atom stereocenters. The van der Waals surface area contributed by atoms with E-state index in [0.717, 1.165) is 17.6 Å². The van der Waals surface area contributed by atoms with E-state index in [4.69, 9.17) is 5.73 Å². The Morgan fingerprint density at radius 3 is 2.31 bits per heavy atom. The Kier molecular flexibility index (Phi) is 8.25. The van der Waals surface area contributed by atoms with Gasteiger partial charge in [0.1, 0.15) is 0 Å². The molecule has 7 heteroatoms. The van der Waals surface area contributed by atoms with Gasteiger partial charge in [-0.1, -0.05) is 28.1 Å². The van der Waals surface area contributed by atoms with Gasteiger partial charge in [-0.3, -0.25) is 4.79 Å². The highest BCUT2D eigenvalue weighted by atomic mass is 79.9. The molecule has 4 nitrogen and oxygen atoms in total. The summed E-state index contributed by atoms with van der Waals surface area (Å²) in [6.07, 6.45) is 0. The third-order valence-corrected chi connectivity index (χ3v) is 5.22. The summed E-state index contributed by atoms with van der Waals surface area (Å²) < 4.78 is 0.885. The number of halogens is 3. The molecule has 0 saturated carbocycles. The number of rotatable bonds is 2. The SMILES string of the molecule is Cc1cccc(N2CCN(C(=O)c3ccc(Br)cc3N)CC2)c1C.Cl.Cl. The second-order valence-corrected chi connectivity index (χ2v) is 7.15. The van der Waals surface area contributed by atoms with Crippen LogP contribution >= 0.6 is 40.7 Å². The third-order valence-electron chi connectivity index (χ3n) is 4.73. The molecule has 0 radical (unpaired) electrons. The van der Waals surface area contributed by atoms with Gasteiger partial charge < -0.3 is 15.5 Å². The summed E-state index contributed by atoms with van der Waals surface area (Å²) in [4.78, 5) is 17.0. The van der Waals surface area contributed by atoms with Crippen LogP contribution in [-0.2, 0) is 0 Å². The first-order valence-corrected chi connectivity index (χ1v) is 8.92. The molecule has 26 heavy (non-hydrogen) atoms. The largest absolute Gasteiger partial charge is 0.398 e. The predicted molar refractivity (Wildman–Crippen MR) is 117 cm³/mol. The number of benzene rings is 2. The van der Waals surface area contributed by atoms with Crippen molar-refractivity contribution in [2.75, 3.05) is 36.8 Å². The number of carbonyl (C=O) groups is 1. The van der Waals surface area contributed by atoms with Crippen LogP contribution in [0, 0.1) is 13.8 Å². The van der Waals surface area contributed by atoms with Crippen LogP contribution in [0.2, 0.25) is 0 Å². The molecule has 1 heterocycles. The van der Waals surface area contributed by atoms with Crippen molar-refractivity contribution >= 4 is 58.0 Å². The maximum Gasteiger partial charge on any atom is 0.256 e. The van der Waals surface area contributed by atoms with Crippen molar-refractivity contribution in [3.05, 3.63) is 57.6 Å². The second kappa shape index (κ2) is 9.49. The maximum absolute atomic E-state index is 12.7. The normalized spacial score (nSPS) is 13.7. The fourth-order valence-electron chi connectivity index (χ4n) is 3.13. The Labute approximate surface area is 175 Å². The van der Waals surface area contributed by atoms with Crippen LogP contribution in [0.25, 0.3) is 0 Å². The van der Waals surface area contributed by atoms with Crippen LogP contribution < -0.4 is 10.6 Å². The Morgan fingerprint density at radius 2 is 1.69 bits per heavy atom. The van der Waals surface area contributed by atoms with Gasteiger partial charge in [-0.05, 0) is 49.2 Å². The van der Waals surface area contributed by atoms with E-state index in [0.29, 0.717) is 24.3 Å². The van der Waals surface area contributed by atoms with E-state index in [2.05, 4.69) is 52.9 Å². The first kappa shape index (κ1) is 22.6. The number of piperazine rings is 1. The van der Waals surface area contributed by atoms with Gasteiger partial charge in [-0.15, -0.1) is 24.8 Å². The molecule has 1 fully saturated rings. The van der Waals surface area contributed by atoms with Crippen LogP contribution in [0.3, 0.4) is 0 Å². The van der Waals surface area contributed by atoms with Crippen molar-refractivity contribution in [3.8, 4) is 0 Å². The number of amides is 1. The number of nitrogens with two attached hydrogens (primary N) is 1. The monoisotopic (exact) mass is 459 g/mol. The smallest absolute Gasteiger partial charge is 0.256 e. The minimum atomic E-state index is 0. The Hall–Kier alpha value is -1.43. The van der Waals surface area contributed by atoms with E-state index in [1.54, 1.807) is 12.1 Å². The minimum Gasteiger partial charge on any atom is -0.398 e. The summed E-state index contributed by atoms with van der Waals surface area (Å²) in [7, 11) is 0. The average molecular weight is 461 g/mol. The number of nitrogens with zero attached hydrogens (tertiary/aromatic N) is 2. The summed E-state index contributed by atoms with van der Waals surface area (Å²) in [6, 6.07) is 11.8. The summed E-state index contributed by atoms with van der Waals surface area (Å²) in [5, 5.41) is 0. The zero-order valence-corrected chi connectivity index (χ0v) is 18.1. The first-order valence-electron chi connectivity index (χ1n) is 8.13. The highest BCUT2D eigenvalue weighted by Crippen LogP contribution is 2.25. The molecule has 0 aliphatic carbocycles. The number of anilines is 2. The van der Waals surface area contributed by atoms with E-state index in [-0.39, 0.29) is 30.7 Å². The lowest BCUT2D eigenvalue weighted by Crippen LogP contribution is -2.49. The number of nitrogen functional groups attached to an aromatic ring is 1. The van der Waals surface area contributed by atoms with Gasteiger partial charge in [0.2, 0.25) is 0 Å². The molecule has 2 aromatic carbocycles. The molecule has 1 saturated heterocycles. The standard InChI is InChI=1S/C19H22BrN3O.2ClH/c1-13-4-3-5-18(14(13)2)22-8-10-23(11-9-22)19(24)16-7-6-15(20)12-17(16)21;;/h3-7,12H,8-11,21H2,1-2H3;2*1H. The van der Waals surface area contributed by atoms with Crippen LogP contribution in [0.15, 0.2) is 40.9 Å². The van der Waals surface area contributed by atoms with E-state index in [1.165, 1.54) is 16.8 Å². The predicted octanol–water partition coefficient (Wildman–Crippen LogP) is 4.45. The quantitative estimate of drug-likeness (QED) is 0.673. The van der Waals surface area contributed by atoms with Gasteiger partial charge in [0, 0.05) is 42.0 Å². The highest BCUT2D eigenvalue weighted by Gasteiger charge is 2.24. The van der Waals surface area contributed by atoms with Gasteiger partial charge in [0.15, 0.2) is 0 Å². The van der Waals surface area contributed by atoms with Crippen molar-refractivity contribution < 1.29 is 4.79 Å². The van der Waals surface area contributed by atoms with Crippen molar-refractivity contribution in [2.45, 2.75) is 13.8 Å². The van der Waals surface area contributed by atoms with Crippen molar-refractivity contribution in [1.29, 1.82) is 0 Å². The fourth-order valence-corrected chi connectivity index (χ4v) is 3.51. The topological polar surface area (TPSA) is 49.6 Å². The van der Waals surface area contributed by atoms with E-state index in [1.807, 2.05) is 11.0 Å². The van der Waals surface area contributed by atoms with Gasteiger partial charge >= 0.3 is 0 Å². The van der Waals surface area contributed by atoms with Crippen molar-refractivity contribution in [3.63, 3.8) is 0 Å². The molecule has 142 valence electrons. The van der Waals surface area contributed by atoms with Gasteiger partial charge in [-0.25, -0.2) is 0 Å². The Balaban J connectivity index is 0.00000169. The highest BCUT2D eigenvalue weighted by molar-refractivity contribution is 9.10. The van der Waals surface area contributed by atoms with Crippen LogP contribution in [0.1, 0.15) is 21.5 Å². The lowest BCUT2D eigenvalue weighted by atomic mass is 10.1. The zero-order chi connectivity index (χ0) is 17.3. The lowest BCUT2D eigenvalue weighted by molar-refractivity contribution is 0.0748. The molecular weight excluding hydrogens is 437 g/mol. The fraction of sp³-hybridized carbons (Fsp3) is 0.316. The van der Waals surface area contributed by atoms with Crippen molar-refractivity contribution in [2.24, 2.45) is 0 Å². The maximum atomic E-state index is 12.7. The molecule has 2 N–H and O–H groups in total. The van der Waals surface area contributed by atoms with Crippen LogP contribution in [-0.4, -0.2) is 37.0 Å². The number of carbonyl (C=O) groups excluding carboxylic acids is 1. The molecular formula is C19H24BrCl2N3O. The number of aryl methyl sites for hydroxylation is 1. The molecule has 0 aromatic heterocycles. The lowest BCUT2D eigenvalue weighted by Gasteiger charge is -2.37. The van der Waals surface area contributed by atoms with Gasteiger partial charge in [0.25, 0.3) is 5.91 Å². The molecule has 2 aromatic rings. The average Bonchev–Trinajstić information content (AvgIpc) is 2.57. The van der Waals surface area contributed by atoms with Gasteiger partial charge in [0.05, 0.1) is 5.56 Å². The summed E-state index contributed by atoms with van der Waals surface area (Å²) in [5.41, 5.74) is 11.0. The summed E-state index contributed by atoms with van der Waals surface area (Å²) in [5.74, 6) is 0.0145. The molecule has 0 spiro atoms.